The number of nitrogen functional groups attached to an aromatic ring is 1. The van der Waals surface area contributed by atoms with Crippen molar-refractivity contribution in [2.45, 2.75) is 19.1 Å². The van der Waals surface area contributed by atoms with Crippen LogP contribution in [0.5, 0.6) is 0 Å². The van der Waals surface area contributed by atoms with Crippen LogP contribution in [0.3, 0.4) is 0 Å². The van der Waals surface area contributed by atoms with Gasteiger partial charge in [0.15, 0.2) is 0 Å². The molecule has 4 aromatic rings. The molecule has 3 aromatic heterocycles. The Hall–Kier alpha value is -4.69. The van der Waals surface area contributed by atoms with Gasteiger partial charge in [0.05, 0.1) is 34.6 Å². The lowest BCUT2D eigenvalue weighted by atomic mass is 9.92. The lowest BCUT2D eigenvalue weighted by Gasteiger charge is -2.36. The molecule has 5 rings (SSSR count). The summed E-state index contributed by atoms with van der Waals surface area (Å²) in [6.45, 7) is 2.15. The van der Waals surface area contributed by atoms with Crippen molar-refractivity contribution in [3.05, 3.63) is 71.6 Å². The second-order valence-corrected chi connectivity index (χ2v) is 8.45. The summed E-state index contributed by atoms with van der Waals surface area (Å²) in [4.78, 5) is 32.4. The van der Waals surface area contributed by atoms with Crippen LogP contribution in [-0.2, 0) is 0 Å². The third-order valence-corrected chi connectivity index (χ3v) is 6.01. The number of pyridine rings is 2. The van der Waals surface area contributed by atoms with Crippen LogP contribution in [0.4, 0.5) is 16.0 Å². The molecule has 0 radical (unpaired) electrons. The third-order valence-electron chi connectivity index (χ3n) is 6.01. The van der Waals surface area contributed by atoms with E-state index in [4.69, 9.17) is 10.7 Å². The number of hydrogen-bond acceptors (Lipinski definition) is 9. The van der Waals surface area contributed by atoms with Gasteiger partial charge in [-0.25, -0.2) is 19.3 Å². The van der Waals surface area contributed by atoms with Crippen LogP contribution < -0.4 is 11.1 Å². The first-order valence-electron chi connectivity index (χ1n) is 11.2. The summed E-state index contributed by atoms with van der Waals surface area (Å²) in [5, 5.41) is 22.8. The first-order valence-corrected chi connectivity index (χ1v) is 11.2. The predicted molar refractivity (Wildman–Crippen MR) is 130 cm³/mol. The minimum atomic E-state index is -0.607. The molecule has 180 valence electrons. The monoisotopic (exact) mass is 484 g/mol. The maximum absolute atomic E-state index is 14.4. The zero-order valence-corrected chi connectivity index (χ0v) is 19.2. The Morgan fingerprint density at radius 3 is 2.78 bits per heavy atom. The summed E-state index contributed by atoms with van der Waals surface area (Å²) in [5.41, 5.74) is 7.89. The van der Waals surface area contributed by atoms with Crippen molar-refractivity contribution < 1.29 is 14.3 Å². The number of rotatable bonds is 5. The fourth-order valence-electron chi connectivity index (χ4n) is 4.23. The number of likely N-dealkylation sites (tertiary alicyclic amines) is 1. The van der Waals surface area contributed by atoms with Crippen LogP contribution in [0.2, 0.25) is 0 Å². The number of halogens is 1. The number of amides is 1. The largest absolute Gasteiger partial charge is 0.389 e. The van der Waals surface area contributed by atoms with Crippen molar-refractivity contribution in [2.24, 2.45) is 0 Å². The average molecular weight is 484 g/mol. The number of nitrogens with zero attached hydrogens (tertiary/aromatic N) is 6. The second kappa shape index (κ2) is 9.16. The van der Waals surface area contributed by atoms with Crippen LogP contribution in [0.25, 0.3) is 22.2 Å². The van der Waals surface area contributed by atoms with Gasteiger partial charge in [0.1, 0.15) is 35.4 Å². The van der Waals surface area contributed by atoms with Crippen LogP contribution in [0.15, 0.2) is 48.9 Å². The van der Waals surface area contributed by atoms with E-state index in [1.165, 1.54) is 29.4 Å². The molecule has 1 aromatic carbocycles. The van der Waals surface area contributed by atoms with Gasteiger partial charge in [0.2, 0.25) is 0 Å². The molecule has 0 saturated carbocycles. The zero-order valence-electron chi connectivity index (χ0n) is 19.2. The van der Waals surface area contributed by atoms with Gasteiger partial charge in [-0.3, -0.25) is 9.78 Å². The van der Waals surface area contributed by atoms with Gasteiger partial charge in [-0.1, -0.05) is 6.07 Å². The van der Waals surface area contributed by atoms with E-state index in [0.717, 1.165) is 0 Å². The van der Waals surface area contributed by atoms with E-state index in [2.05, 4.69) is 20.3 Å². The molecule has 1 atom stereocenters. The van der Waals surface area contributed by atoms with E-state index in [1.807, 2.05) is 6.07 Å². The first kappa shape index (κ1) is 23.1. The van der Waals surface area contributed by atoms with E-state index < -0.39 is 18.0 Å². The third kappa shape index (κ3) is 4.03. The molecule has 0 unspecified atom stereocenters. The normalized spacial score (nSPS) is 14.2. The summed E-state index contributed by atoms with van der Waals surface area (Å²) < 4.78 is 14.4. The Balaban J connectivity index is 1.75. The number of anilines is 2. The maximum atomic E-state index is 14.4. The molecule has 0 bridgehead atoms. The number of nitrogens with two attached hydrogens (primary N) is 1. The van der Waals surface area contributed by atoms with Crippen LogP contribution in [0, 0.1) is 17.1 Å². The van der Waals surface area contributed by atoms with Crippen LogP contribution in [-0.4, -0.2) is 55.0 Å². The molecule has 0 spiro atoms. The fourth-order valence-corrected chi connectivity index (χ4v) is 4.23. The molecule has 4 N–H and O–H groups in total. The molecule has 4 heterocycles. The highest BCUT2D eigenvalue weighted by molar-refractivity contribution is 6.12. The Morgan fingerprint density at radius 1 is 1.28 bits per heavy atom. The Bertz CT molecular complexity index is 1520. The number of nitriles is 1. The molecular weight excluding hydrogens is 463 g/mol. The molecule has 36 heavy (non-hydrogen) atoms. The SMILES string of the molecule is C[C@@H](Nc1ncnc(N)c1C#N)c1nc2ccc(F)cc2c(C(=O)N2CC(O)C2)c1-c1ccccn1. The highest BCUT2D eigenvalue weighted by Crippen LogP contribution is 2.37. The van der Waals surface area contributed by atoms with Crippen LogP contribution in [0.1, 0.15) is 34.6 Å². The molecule has 1 saturated heterocycles. The summed E-state index contributed by atoms with van der Waals surface area (Å²) in [6.07, 6.45) is 2.23. The molecule has 1 amide bonds. The fraction of sp³-hybridized carbons (Fsp3) is 0.200. The standard InChI is InChI=1S/C25H21FN8O2/c1-13(32-24-17(9-27)23(28)30-12-31-24)22-21(19-4-2-3-7-29-19)20(25(36)34-10-15(35)11-34)16-8-14(26)5-6-18(16)33-22/h2-8,12-13,15,35H,10-11H2,1H3,(H3,28,30,31,32)/t13-/m1/s1. The van der Waals surface area contributed by atoms with Gasteiger partial charge < -0.3 is 21.1 Å². The zero-order chi connectivity index (χ0) is 25.4. The predicted octanol–water partition coefficient (Wildman–Crippen LogP) is 2.67. The minimum absolute atomic E-state index is 0.0290. The maximum Gasteiger partial charge on any atom is 0.255 e. The summed E-state index contributed by atoms with van der Waals surface area (Å²) in [5.74, 6) is -0.634. The molecule has 0 aliphatic carbocycles. The van der Waals surface area contributed by atoms with E-state index in [9.17, 15) is 19.6 Å². The number of carbonyl (C=O) groups is 1. The topological polar surface area (TPSA) is 154 Å². The highest BCUT2D eigenvalue weighted by Gasteiger charge is 2.34. The summed E-state index contributed by atoms with van der Waals surface area (Å²) in [7, 11) is 0. The first-order chi connectivity index (χ1) is 17.4. The number of β-amino-alcohol motifs (C(OH)–C–C–N with tert-alkyl or cyclic N) is 1. The number of benzene rings is 1. The van der Waals surface area contributed by atoms with Crippen molar-refractivity contribution in [3.8, 4) is 17.3 Å². The van der Waals surface area contributed by atoms with Crippen molar-refractivity contribution in [3.63, 3.8) is 0 Å². The van der Waals surface area contributed by atoms with E-state index in [-0.39, 0.29) is 41.8 Å². The van der Waals surface area contributed by atoms with E-state index >= 15 is 0 Å². The van der Waals surface area contributed by atoms with Gasteiger partial charge >= 0.3 is 0 Å². The highest BCUT2D eigenvalue weighted by atomic mass is 19.1. The van der Waals surface area contributed by atoms with Crippen molar-refractivity contribution in [1.29, 1.82) is 5.26 Å². The number of hydrogen-bond donors (Lipinski definition) is 3. The van der Waals surface area contributed by atoms with Crippen LogP contribution >= 0.6 is 0 Å². The van der Waals surface area contributed by atoms with Gasteiger partial charge in [0.25, 0.3) is 5.91 Å². The minimum Gasteiger partial charge on any atom is -0.389 e. The van der Waals surface area contributed by atoms with Crippen molar-refractivity contribution >= 4 is 28.4 Å². The summed E-state index contributed by atoms with van der Waals surface area (Å²) in [6, 6.07) is 10.7. The van der Waals surface area contributed by atoms with Gasteiger partial charge in [-0.2, -0.15) is 5.26 Å². The Kier molecular flexibility index (Phi) is 5.87. The lowest BCUT2D eigenvalue weighted by Crippen LogP contribution is -2.53. The summed E-state index contributed by atoms with van der Waals surface area (Å²) >= 11 is 0. The smallest absolute Gasteiger partial charge is 0.255 e. The molecule has 11 heteroatoms. The number of nitrogens with one attached hydrogen (secondary N) is 1. The quantitative estimate of drug-likeness (QED) is 0.388. The van der Waals surface area contributed by atoms with E-state index in [1.54, 1.807) is 31.3 Å². The molecule has 1 aliphatic heterocycles. The van der Waals surface area contributed by atoms with E-state index in [0.29, 0.717) is 27.9 Å². The van der Waals surface area contributed by atoms with Crippen molar-refractivity contribution in [2.75, 3.05) is 24.1 Å². The Labute approximate surface area is 205 Å². The number of aromatic nitrogens is 4. The van der Waals surface area contributed by atoms with Gasteiger partial charge in [-0.15, -0.1) is 0 Å². The lowest BCUT2D eigenvalue weighted by molar-refractivity contribution is 0.00606. The number of carbonyl (C=O) groups excluding carboxylic acids is 1. The number of aliphatic hydroxyl groups is 1. The molecule has 10 nitrogen and oxygen atoms in total. The Morgan fingerprint density at radius 2 is 2.08 bits per heavy atom. The average Bonchev–Trinajstić information content (AvgIpc) is 2.86. The molecule has 1 aliphatic rings. The number of aliphatic hydroxyl groups excluding tert-OH is 1. The van der Waals surface area contributed by atoms with Gasteiger partial charge in [-0.05, 0) is 37.3 Å². The molecule has 1 fully saturated rings. The van der Waals surface area contributed by atoms with Crippen molar-refractivity contribution in [1.82, 2.24) is 24.8 Å². The van der Waals surface area contributed by atoms with Gasteiger partial charge in [0, 0.05) is 30.2 Å². The molecular formula is C25H21FN8O2. The second-order valence-electron chi connectivity index (χ2n) is 8.45. The number of fused-ring (bicyclic) bond motifs is 1.